The number of hydrogen-bond acceptors (Lipinski definition) is 3. The minimum atomic E-state index is 0.281. The maximum absolute atomic E-state index is 11.6. The molecule has 0 saturated heterocycles. The summed E-state index contributed by atoms with van der Waals surface area (Å²) < 4.78 is 1.96. The fourth-order valence-corrected chi connectivity index (χ4v) is 1.71. The Bertz CT molecular complexity index is 355. The zero-order valence-electron chi connectivity index (χ0n) is 9.78. The molecule has 4 heteroatoms. The number of aryl methyl sites for hydroxylation is 2. The number of nitrogens with zero attached hydrogens (tertiary/aromatic N) is 2. The van der Waals surface area contributed by atoms with Gasteiger partial charge in [-0.15, -0.1) is 0 Å². The largest absolute Gasteiger partial charge is 0.338 e. The van der Waals surface area contributed by atoms with Crippen LogP contribution >= 0.6 is 0 Å². The van der Waals surface area contributed by atoms with Crippen molar-refractivity contribution in [1.29, 1.82) is 0 Å². The number of Topliss-reactive ketones (excluding diaryl/α,β-unsaturated/α-hetero) is 1. The molecule has 0 atom stereocenters. The van der Waals surface area contributed by atoms with E-state index < -0.39 is 0 Å². The lowest BCUT2D eigenvalue weighted by molar-refractivity contribution is -0.118. The van der Waals surface area contributed by atoms with Gasteiger partial charge in [0.05, 0.1) is 6.54 Å². The highest BCUT2D eigenvalue weighted by Gasteiger charge is 2.20. The van der Waals surface area contributed by atoms with Gasteiger partial charge in [-0.2, -0.15) is 0 Å². The lowest BCUT2D eigenvalue weighted by Crippen LogP contribution is -2.25. The van der Waals surface area contributed by atoms with Gasteiger partial charge in [-0.05, 0) is 25.3 Å². The van der Waals surface area contributed by atoms with E-state index in [0.717, 1.165) is 24.7 Å². The summed E-state index contributed by atoms with van der Waals surface area (Å²) in [4.78, 5) is 15.7. The van der Waals surface area contributed by atoms with Crippen LogP contribution in [0.1, 0.15) is 25.1 Å². The van der Waals surface area contributed by atoms with Crippen molar-refractivity contribution in [3.63, 3.8) is 0 Å². The Labute approximate surface area is 96.1 Å². The zero-order valence-corrected chi connectivity index (χ0v) is 9.78. The molecule has 4 nitrogen and oxygen atoms in total. The number of rotatable bonds is 7. The van der Waals surface area contributed by atoms with Crippen molar-refractivity contribution in [1.82, 2.24) is 14.9 Å². The van der Waals surface area contributed by atoms with Gasteiger partial charge in [0, 0.05) is 32.3 Å². The first-order chi connectivity index (χ1) is 7.75. The monoisotopic (exact) mass is 221 g/mol. The predicted octanol–water partition coefficient (Wildman–Crippen LogP) is 0.921. The number of ketones is 1. The molecule has 0 unspecified atom stereocenters. The van der Waals surface area contributed by atoms with Crippen molar-refractivity contribution in [2.45, 2.75) is 25.7 Å². The van der Waals surface area contributed by atoms with Crippen molar-refractivity contribution < 1.29 is 4.79 Å². The highest BCUT2D eigenvalue weighted by molar-refractivity contribution is 5.80. The average molecular weight is 221 g/mol. The minimum Gasteiger partial charge on any atom is -0.338 e. The second kappa shape index (κ2) is 5.25. The number of nitrogens with one attached hydrogen (secondary N) is 1. The number of carbonyl (C=O) groups is 1. The first kappa shape index (κ1) is 11.3. The normalized spacial score (nSPS) is 15.3. The molecule has 1 aromatic rings. The molecule has 2 rings (SSSR count). The summed E-state index contributed by atoms with van der Waals surface area (Å²) in [6.45, 7) is 1.52. The molecule has 1 saturated carbocycles. The van der Waals surface area contributed by atoms with E-state index in [9.17, 15) is 4.79 Å². The van der Waals surface area contributed by atoms with Crippen LogP contribution < -0.4 is 5.32 Å². The zero-order chi connectivity index (χ0) is 11.4. The number of aromatic nitrogens is 2. The Hall–Kier alpha value is -1.16. The average Bonchev–Trinajstić information content (AvgIpc) is 2.99. The summed E-state index contributed by atoms with van der Waals surface area (Å²) in [6.07, 6.45) is 7.66. The van der Waals surface area contributed by atoms with Crippen LogP contribution in [0.3, 0.4) is 0 Å². The molecule has 88 valence electrons. The van der Waals surface area contributed by atoms with Crippen LogP contribution in [0.4, 0.5) is 0 Å². The molecule has 1 heterocycles. The fraction of sp³-hybridized carbons (Fsp3) is 0.667. The summed E-state index contributed by atoms with van der Waals surface area (Å²) >= 11 is 0. The van der Waals surface area contributed by atoms with Gasteiger partial charge in [0.2, 0.25) is 0 Å². The van der Waals surface area contributed by atoms with Crippen molar-refractivity contribution in [2.75, 3.05) is 13.1 Å². The fourth-order valence-electron chi connectivity index (χ4n) is 1.71. The van der Waals surface area contributed by atoms with E-state index >= 15 is 0 Å². The Balaban J connectivity index is 1.61. The second-order valence-electron chi connectivity index (χ2n) is 4.57. The molecular weight excluding hydrogens is 202 g/mol. The van der Waals surface area contributed by atoms with Crippen molar-refractivity contribution in [2.24, 2.45) is 13.0 Å². The summed E-state index contributed by atoms with van der Waals surface area (Å²) in [5.74, 6) is 2.10. The predicted molar refractivity (Wildman–Crippen MR) is 62.1 cm³/mol. The van der Waals surface area contributed by atoms with Crippen molar-refractivity contribution >= 4 is 5.78 Å². The van der Waals surface area contributed by atoms with Crippen molar-refractivity contribution in [3.05, 3.63) is 18.2 Å². The third kappa shape index (κ3) is 3.45. The maximum atomic E-state index is 11.6. The molecule has 1 aromatic heterocycles. The molecule has 1 N–H and O–H groups in total. The first-order valence-corrected chi connectivity index (χ1v) is 5.94. The molecule has 0 radical (unpaired) electrons. The van der Waals surface area contributed by atoms with E-state index in [2.05, 4.69) is 10.3 Å². The highest BCUT2D eigenvalue weighted by Crippen LogP contribution is 2.27. The summed E-state index contributed by atoms with van der Waals surface area (Å²) in [5.41, 5.74) is 0. The molecule has 0 amide bonds. The van der Waals surface area contributed by atoms with Gasteiger partial charge in [0.15, 0.2) is 0 Å². The van der Waals surface area contributed by atoms with E-state index in [0.29, 0.717) is 13.0 Å². The van der Waals surface area contributed by atoms with Crippen molar-refractivity contribution in [3.8, 4) is 0 Å². The number of carbonyl (C=O) groups excluding carboxylic acids is 1. The van der Waals surface area contributed by atoms with Gasteiger partial charge in [0.25, 0.3) is 0 Å². The van der Waals surface area contributed by atoms with Gasteiger partial charge < -0.3 is 9.88 Å². The lowest BCUT2D eigenvalue weighted by Gasteiger charge is -2.03. The molecule has 0 aromatic carbocycles. The minimum absolute atomic E-state index is 0.281. The van der Waals surface area contributed by atoms with Gasteiger partial charge in [-0.25, -0.2) is 4.98 Å². The van der Waals surface area contributed by atoms with Crippen LogP contribution in [-0.2, 0) is 18.3 Å². The van der Waals surface area contributed by atoms with Crippen LogP contribution in [0.25, 0.3) is 0 Å². The van der Waals surface area contributed by atoms with Crippen LogP contribution in [0.2, 0.25) is 0 Å². The van der Waals surface area contributed by atoms with Crippen LogP contribution in [0.15, 0.2) is 12.4 Å². The Morgan fingerprint density at radius 2 is 2.44 bits per heavy atom. The molecule has 1 aliphatic rings. The Kier molecular flexibility index (Phi) is 3.72. The maximum Gasteiger partial charge on any atom is 0.147 e. The van der Waals surface area contributed by atoms with E-state index in [1.54, 1.807) is 6.20 Å². The summed E-state index contributed by atoms with van der Waals surface area (Å²) in [6, 6.07) is 0. The summed E-state index contributed by atoms with van der Waals surface area (Å²) in [7, 11) is 1.96. The highest BCUT2D eigenvalue weighted by atomic mass is 16.1. The molecule has 16 heavy (non-hydrogen) atoms. The van der Waals surface area contributed by atoms with Gasteiger partial charge in [-0.3, -0.25) is 4.79 Å². The third-order valence-corrected chi connectivity index (χ3v) is 3.00. The van der Waals surface area contributed by atoms with E-state index in [4.69, 9.17) is 0 Å². The third-order valence-electron chi connectivity index (χ3n) is 3.00. The van der Waals surface area contributed by atoms with E-state index in [1.807, 2.05) is 17.8 Å². The standard InChI is InChI=1S/C12H19N3O/c1-15-7-6-14-12(15)5-4-11(16)9-13-8-10-2-3-10/h6-7,10,13H,2-5,8-9H2,1H3. The molecule has 0 aliphatic heterocycles. The summed E-state index contributed by atoms with van der Waals surface area (Å²) in [5, 5.41) is 3.22. The quantitative estimate of drug-likeness (QED) is 0.745. The number of hydrogen-bond donors (Lipinski definition) is 1. The molecule has 0 spiro atoms. The van der Waals surface area contributed by atoms with Gasteiger partial charge >= 0.3 is 0 Å². The van der Waals surface area contributed by atoms with Gasteiger partial charge in [-0.1, -0.05) is 0 Å². The van der Waals surface area contributed by atoms with Crippen LogP contribution in [-0.4, -0.2) is 28.4 Å². The Morgan fingerprint density at radius 1 is 1.62 bits per heavy atom. The first-order valence-electron chi connectivity index (χ1n) is 5.94. The second-order valence-corrected chi connectivity index (χ2v) is 4.57. The lowest BCUT2D eigenvalue weighted by atomic mass is 10.2. The molecular formula is C12H19N3O. The topological polar surface area (TPSA) is 46.9 Å². The smallest absolute Gasteiger partial charge is 0.147 e. The van der Waals surface area contributed by atoms with E-state index in [-0.39, 0.29) is 5.78 Å². The van der Waals surface area contributed by atoms with Gasteiger partial charge in [0.1, 0.15) is 11.6 Å². The Morgan fingerprint density at radius 3 is 3.06 bits per heavy atom. The van der Waals surface area contributed by atoms with Crippen LogP contribution in [0.5, 0.6) is 0 Å². The molecule has 1 aliphatic carbocycles. The molecule has 0 bridgehead atoms. The number of imidazole rings is 1. The SMILES string of the molecule is Cn1ccnc1CCC(=O)CNCC1CC1. The van der Waals surface area contributed by atoms with E-state index in [1.165, 1.54) is 12.8 Å². The van der Waals surface area contributed by atoms with Crippen LogP contribution in [0, 0.1) is 5.92 Å². The molecule has 1 fully saturated rings.